The van der Waals surface area contributed by atoms with E-state index in [1.807, 2.05) is 18.2 Å². The second-order valence-electron chi connectivity index (χ2n) is 3.29. The van der Waals surface area contributed by atoms with Crippen LogP contribution in [-0.4, -0.2) is 13.1 Å². The summed E-state index contributed by atoms with van der Waals surface area (Å²) in [6.07, 6.45) is 2.58. The molecular weight excluding hydrogens is 249 g/mol. The van der Waals surface area contributed by atoms with E-state index < -0.39 is 0 Å². The molecule has 13 heavy (non-hydrogen) atoms. The van der Waals surface area contributed by atoms with E-state index in [2.05, 4.69) is 20.8 Å². The van der Waals surface area contributed by atoms with Crippen LogP contribution in [-0.2, 0) is 0 Å². The monoisotopic (exact) mass is 259 g/mol. The maximum absolute atomic E-state index is 5.95. The van der Waals surface area contributed by atoms with Gasteiger partial charge in [0.05, 0.1) is 5.69 Å². The standard InChI is InChI=1S/C10H11BrClN/c11-9-4-3-8(12)7-10(9)13-5-1-2-6-13/h3-4,7H,1-2,5-6H2. The molecule has 1 aromatic rings. The topological polar surface area (TPSA) is 3.24 Å². The van der Waals surface area contributed by atoms with Crippen LogP contribution in [0.2, 0.25) is 5.02 Å². The normalized spacial score (nSPS) is 16.6. The molecule has 70 valence electrons. The van der Waals surface area contributed by atoms with Crippen molar-refractivity contribution in [3.63, 3.8) is 0 Å². The summed E-state index contributed by atoms with van der Waals surface area (Å²) >= 11 is 9.49. The van der Waals surface area contributed by atoms with Crippen LogP contribution in [0.15, 0.2) is 22.7 Å². The summed E-state index contributed by atoms with van der Waals surface area (Å²) in [6, 6.07) is 5.94. The Balaban J connectivity index is 2.32. The zero-order valence-electron chi connectivity index (χ0n) is 7.26. The predicted octanol–water partition coefficient (Wildman–Crippen LogP) is 3.70. The highest BCUT2D eigenvalue weighted by atomic mass is 79.9. The second kappa shape index (κ2) is 3.89. The molecule has 1 fully saturated rings. The molecule has 0 unspecified atom stereocenters. The van der Waals surface area contributed by atoms with Gasteiger partial charge in [-0.25, -0.2) is 0 Å². The average molecular weight is 261 g/mol. The molecule has 0 N–H and O–H groups in total. The lowest BCUT2D eigenvalue weighted by molar-refractivity contribution is 0.949. The van der Waals surface area contributed by atoms with Crippen LogP contribution in [0.4, 0.5) is 5.69 Å². The molecule has 1 aliphatic rings. The third-order valence-corrected chi connectivity index (χ3v) is 3.26. The molecule has 0 atom stereocenters. The Labute approximate surface area is 91.8 Å². The lowest BCUT2D eigenvalue weighted by atomic mass is 10.3. The third kappa shape index (κ3) is 2.00. The lowest BCUT2D eigenvalue weighted by Gasteiger charge is -2.19. The van der Waals surface area contributed by atoms with Gasteiger partial charge in [0.15, 0.2) is 0 Å². The zero-order chi connectivity index (χ0) is 9.26. The van der Waals surface area contributed by atoms with Gasteiger partial charge in [-0.05, 0) is 47.0 Å². The fourth-order valence-corrected chi connectivity index (χ4v) is 2.35. The van der Waals surface area contributed by atoms with E-state index in [-0.39, 0.29) is 0 Å². The minimum Gasteiger partial charge on any atom is -0.371 e. The highest BCUT2D eigenvalue weighted by Gasteiger charge is 2.14. The largest absolute Gasteiger partial charge is 0.371 e. The molecule has 1 saturated heterocycles. The minimum absolute atomic E-state index is 0.810. The summed E-state index contributed by atoms with van der Waals surface area (Å²) in [5.74, 6) is 0. The van der Waals surface area contributed by atoms with Crippen LogP contribution in [0, 0.1) is 0 Å². The molecule has 2 rings (SSSR count). The maximum atomic E-state index is 5.95. The molecule has 0 spiro atoms. The van der Waals surface area contributed by atoms with Crippen molar-refractivity contribution in [3.05, 3.63) is 27.7 Å². The van der Waals surface area contributed by atoms with Gasteiger partial charge in [0.1, 0.15) is 0 Å². The van der Waals surface area contributed by atoms with Crippen LogP contribution in [0.5, 0.6) is 0 Å². The summed E-state index contributed by atoms with van der Waals surface area (Å²) in [7, 11) is 0. The first-order valence-electron chi connectivity index (χ1n) is 4.47. The van der Waals surface area contributed by atoms with Crippen molar-refractivity contribution < 1.29 is 0 Å². The van der Waals surface area contributed by atoms with Crippen LogP contribution in [0.1, 0.15) is 12.8 Å². The Hall–Kier alpha value is -0.210. The van der Waals surface area contributed by atoms with Gasteiger partial charge in [-0.1, -0.05) is 11.6 Å². The van der Waals surface area contributed by atoms with Crippen molar-refractivity contribution in [1.29, 1.82) is 0 Å². The summed E-state index contributed by atoms with van der Waals surface area (Å²) in [5.41, 5.74) is 1.23. The van der Waals surface area contributed by atoms with Crippen molar-refractivity contribution in [2.45, 2.75) is 12.8 Å². The van der Waals surface area contributed by atoms with Crippen molar-refractivity contribution in [3.8, 4) is 0 Å². The van der Waals surface area contributed by atoms with Gasteiger partial charge in [0.25, 0.3) is 0 Å². The molecule has 0 saturated carbocycles. The Morgan fingerprint density at radius 3 is 2.62 bits per heavy atom. The summed E-state index contributed by atoms with van der Waals surface area (Å²) in [6.45, 7) is 2.30. The molecule has 1 aliphatic heterocycles. The first-order chi connectivity index (χ1) is 6.27. The average Bonchev–Trinajstić information content (AvgIpc) is 2.61. The zero-order valence-corrected chi connectivity index (χ0v) is 9.61. The van der Waals surface area contributed by atoms with Gasteiger partial charge in [-0.2, -0.15) is 0 Å². The fraction of sp³-hybridized carbons (Fsp3) is 0.400. The van der Waals surface area contributed by atoms with Crippen molar-refractivity contribution in [1.82, 2.24) is 0 Å². The van der Waals surface area contributed by atoms with Gasteiger partial charge in [-0.3, -0.25) is 0 Å². The van der Waals surface area contributed by atoms with E-state index >= 15 is 0 Å². The third-order valence-electron chi connectivity index (χ3n) is 2.35. The molecule has 0 aromatic heterocycles. The quantitative estimate of drug-likeness (QED) is 0.744. The van der Waals surface area contributed by atoms with Crippen molar-refractivity contribution in [2.24, 2.45) is 0 Å². The van der Waals surface area contributed by atoms with E-state index in [0.29, 0.717) is 0 Å². The second-order valence-corrected chi connectivity index (χ2v) is 4.58. The molecule has 3 heteroatoms. The van der Waals surface area contributed by atoms with E-state index in [1.54, 1.807) is 0 Å². The van der Waals surface area contributed by atoms with E-state index in [9.17, 15) is 0 Å². The van der Waals surface area contributed by atoms with Crippen molar-refractivity contribution >= 4 is 33.2 Å². The highest BCUT2D eigenvalue weighted by Crippen LogP contribution is 2.31. The number of benzene rings is 1. The maximum Gasteiger partial charge on any atom is 0.0525 e. The number of rotatable bonds is 1. The van der Waals surface area contributed by atoms with Crippen LogP contribution >= 0.6 is 27.5 Å². The Bertz CT molecular complexity index is 308. The first-order valence-corrected chi connectivity index (χ1v) is 5.64. The highest BCUT2D eigenvalue weighted by molar-refractivity contribution is 9.10. The van der Waals surface area contributed by atoms with Gasteiger partial charge >= 0.3 is 0 Å². The van der Waals surface area contributed by atoms with Crippen LogP contribution < -0.4 is 4.90 Å². The molecule has 0 aliphatic carbocycles. The molecule has 0 amide bonds. The smallest absolute Gasteiger partial charge is 0.0525 e. The van der Waals surface area contributed by atoms with Gasteiger partial charge in [-0.15, -0.1) is 0 Å². The minimum atomic E-state index is 0.810. The number of anilines is 1. The van der Waals surface area contributed by atoms with Gasteiger partial charge in [0.2, 0.25) is 0 Å². The van der Waals surface area contributed by atoms with Gasteiger partial charge < -0.3 is 4.90 Å². The Kier molecular flexibility index (Phi) is 2.80. The Morgan fingerprint density at radius 2 is 1.92 bits per heavy atom. The number of nitrogens with zero attached hydrogens (tertiary/aromatic N) is 1. The molecule has 0 bridgehead atoms. The number of hydrogen-bond acceptors (Lipinski definition) is 1. The molecule has 1 nitrogen and oxygen atoms in total. The van der Waals surface area contributed by atoms with Crippen LogP contribution in [0.3, 0.4) is 0 Å². The summed E-state index contributed by atoms with van der Waals surface area (Å²) in [5, 5.41) is 0.810. The molecule has 0 radical (unpaired) electrons. The summed E-state index contributed by atoms with van der Waals surface area (Å²) < 4.78 is 1.14. The summed E-state index contributed by atoms with van der Waals surface area (Å²) in [4.78, 5) is 2.37. The number of hydrogen-bond donors (Lipinski definition) is 0. The molecule has 1 heterocycles. The van der Waals surface area contributed by atoms with Crippen molar-refractivity contribution in [2.75, 3.05) is 18.0 Å². The first kappa shape index (κ1) is 9.35. The predicted molar refractivity (Wildman–Crippen MR) is 60.6 cm³/mol. The Morgan fingerprint density at radius 1 is 1.23 bits per heavy atom. The van der Waals surface area contributed by atoms with Crippen LogP contribution in [0.25, 0.3) is 0 Å². The van der Waals surface area contributed by atoms with E-state index in [1.165, 1.54) is 18.5 Å². The van der Waals surface area contributed by atoms with E-state index in [4.69, 9.17) is 11.6 Å². The fourth-order valence-electron chi connectivity index (χ4n) is 1.69. The molecular formula is C10H11BrClN. The SMILES string of the molecule is Clc1ccc(Br)c(N2CCCC2)c1. The van der Waals surface area contributed by atoms with E-state index in [0.717, 1.165) is 22.6 Å². The van der Waals surface area contributed by atoms with Gasteiger partial charge in [0, 0.05) is 22.6 Å². The lowest BCUT2D eigenvalue weighted by Crippen LogP contribution is -2.17. The number of halogens is 2. The molecule has 1 aromatic carbocycles.